The molecule has 0 fully saturated rings. The maximum Gasteiger partial charge on any atom is 0.305 e. The van der Waals surface area contributed by atoms with E-state index in [0.29, 0.717) is 24.1 Å². The molecule has 0 aliphatic rings. The van der Waals surface area contributed by atoms with Crippen molar-refractivity contribution in [3.8, 4) is 0 Å². The van der Waals surface area contributed by atoms with Crippen LogP contribution in [0.4, 0.5) is 4.39 Å². The molecule has 2 aromatic rings. The summed E-state index contributed by atoms with van der Waals surface area (Å²) in [6, 6.07) is 13.8. The van der Waals surface area contributed by atoms with Gasteiger partial charge in [0.2, 0.25) is 0 Å². The number of amides is 1. The Morgan fingerprint density at radius 2 is 1.72 bits per heavy atom. The lowest BCUT2D eigenvalue weighted by molar-refractivity contribution is -0.140. The molecule has 0 saturated carbocycles. The summed E-state index contributed by atoms with van der Waals surface area (Å²) in [7, 11) is 1.38. The van der Waals surface area contributed by atoms with Gasteiger partial charge in [-0.3, -0.25) is 9.59 Å². The van der Waals surface area contributed by atoms with Gasteiger partial charge in [0.25, 0.3) is 5.91 Å². The van der Waals surface area contributed by atoms with E-state index in [4.69, 9.17) is 0 Å². The molecule has 0 bridgehead atoms. The zero-order valence-electron chi connectivity index (χ0n) is 16.7. The summed E-state index contributed by atoms with van der Waals surface area (Å²) in [6.45, 7) is 0.504. The molecule has 4 nitrogen and oxygen atoms in total. The van der Waals surface area contributed by atoms with Gasteiger partial charge in [-0.2, -0.15) is 0 Å². The third-order valence-electron chi connectivity index (χ3n) is 4.40. The maximum absolute atomic E-state index is 13.3. The zero-order chi connectivity index (χ0) is 21.1. The van der Waals surface area contributed by atoms with Gasteiger partial charge in [0.15, 0.2) is 0 Å². The van der Waals surface area contributed by atoms with Crippen LogP contribution in [-0.4, -0.2) is 31.8 Å². The van der Waals surface area contributed by atoms with Crippen molar-refractivity contribution in [2.45, 2.75) is 30.6 Å². The number of hydrogen-bond donors (Lipinski definition) is 1. The molecule has 29 heavy (non-hydrogen) atoms. The molecule has 0 aliphatic heterocycles. The van der Waals surface area contributed by atoms with Crippen LogP contribution in [0.15, 0.2) is 53.4 Å². The Bertz CT molecular complexity index is 832. The van der Waals surface area contributed by atoms with E-state index in [9.17, 15) is 14.0 Å². The average Bonchev–Trinajstić information content (AvgIpc) is 2.75. The van der Waals surface area contributed by atoms with Gasteiger partial charge >= 0.3 is 5.97 Å². The Morgan fingerprint density at radius 3 is 2.34 bits per heavy atom. The van der Waals surface area contributed by atoms with Crippen LogP contribution in [0.25, 0.3) is 11.6 Å². The molecule has 0 unspecified atom stereocenters. The van der Waals surface area contributed by atoms with Crippen molar-refractivity contribution >= 4 is 35.3 Å². The molecule has 1 amide bonds. The van der Waals surface area contributed by atoms with Gasteiger partial charge in [0, 0.05) is 23.4 Å². The molecule has 0 aromatic heterocycles. The second kappa shape index (κ2) is 12.1. The van der Waals surface area contributed by atoms with Crippen LogP contribution in [0.3, 0.4) is 0 Å². The van der Waals surface area contributed by atoms with Gasteiger partial charge in [0.05, 0.1) is 7.11 Å². The largest absolute Gasteiger partial charge is 0.469 e. The number of benzene rings is 2. The van der Waals surface area contributed by atoms with Crippen molar-refractivity contribution in [2.75, 3.05) is 19.9 Å². The highest BCUT2D eigenvalue weighted by Gasteiger charge is 2.12. The normalized spacial score (nSPS) is 11.2. The summed E-state index contributed by atoms with van der Waals surface area (Å²) in [5, 5.41) is 2.92. The van der Waals surface area contributed by atoms with Gasteiger partial charge < -0.3 is 10.1 Å². The van der Waals surface area contributed by atoms with Crippen LogP contribution in [-0.2, 0) is 14.3 Å². The predicted octanol–water partition coefficient (Wildman–Crippen LogP) is 4.94. The van der Waals surface area contributed by atoms with E-state index in [0.717, 1.165) is 29.7 Å². The van der Waals surface area contributed by atoms with Gasteiger partial charge in [0.1, 0.15) is 5.82 Å². The van der Waals surface area contributed by atoms with Crippen molar-refractivity contribution in [1.82, 2.24) is 5.32 Å². The molecule has 6 heteroatoms. The average molecular weight is 416 g/mol. The number of halogens is 1. The first-order chi connectivity index (χ1) is 14.0. The number of methoxy groups -OCH3 is 1. The van der Waals surface area contributed by atoms with E-state index in [1.54, 1.807) is 23.9 Å². The lowest BCUT2D eigenvalue weighted by Gasteiger charge is -2.10. The minimum atomic E-state index is -0.344. The van der Waals surface area contributed by atoms with Crippen molar-refractivity contribution in [1.29, 1.82) is 0 Å². The fourth-order valence-electron chi connectivity index (χ4n) is 2.75. The van der Waals surface area contributed by atoms with E-state index in [1.807, 2.05) is 36.6 Å². The molecule has 2 aromatic carbocycles. The number of nitrogens with one attached hydrogen (secondary N) is 1. The molecule has 0 atom stereocenters. The van der Waals surface area contributed by atoms with E-state index < -0.39 is 0 Å². The standard InChI is InChI=1S/C23H26FNO3S/c1-28-22(26)6-4-3-5-15-25-23(27)21(18-9-11-19(24)12-10-18)16-17-7-13-20(29-2)14-8-17/h7-14,16H,3-6,15H2,1-2H3,(H,25,27). The highest BCUT2D eigenvalue weighted by molar-refractivity contribution is 7.98. The summed E-state index contributed by atoms with van der Waals surface area (Å²) in [6.07, 6.45) is 6.52. The van der Waals surface area contributed by atoms with E-state index >= 15 is 0 Å². The first kappa shape index (κ1) is 22.7. The van der Waals surface area contributed by atoms with Gasteiger partial charge in [-0.15, -0.1) is 11.8 Å². The maximum atomic E-state index is 13.3. The fourth-order valence-corrected chi connectivity index (χ4v) is 3.15. The fraction of sp³-hybridized carbons (Fsp3) is 0.304. The van der Waals surface area contributed by atoms with Crippen LogP contribution >= 0.6 is 11.8 Å². The molecule has 0 aliphatic carbocycles. The molecule has 0 radical (unpaired) electrons. The second-order valence-electron chi connectivity index (χ2n) is 6.48. The zero-order valence-corrected chi connectivity index (χ0v) is 17.6. The van der Waals surface area contributed by atoms with E-state index in [2.05, 4.69) is 10.1 Å². The van der Waals surface area contributed by atoms with Crippen molar-refractivity contribution in [2.24, 2.45) is 0 Å². The highest BCUT2D eigenvalue weighted by Crippen LogP contribution is 2.21. The Balaban J connectivity index is 2.04. The molecule has 1 N–H and O–H groups in total. The third kappa shape index (κ3) is 7.74. The molecule has 0 heterocycles. The number of rotatable bonds is 10. The Hall–Kier alpha value is -2.60. The molecular weight excluding hydrogens is 389 g/mol. The Labute approximate surface area is 175 Å². The van der Waals surface area contributed by atoms with Gasteiger partial charge in [-0.1, -0.05) is 30.7 Å². The third-order valence-corrected chi connectivity index (χ3v) is 5.14. The number of unbranched alkanes of at least 4 members (excludes halogenated alkanes) is 2. The van der Waals surface area contributed by atoms with Crippen LogP contribution in [0.1, 0.15) is 36.8 Å². The summed E-state index contributed by atoms with van der Waals surface area (Å²) in [4.78, 5) is 25.0. The minimum absolute atomic E-state index is 0.210. The highest BCUT2D eigenvalue weighted by atomic mass is 32.2. The van der Waals surface area contributed by atoms with Crippen LogP contribution in [0, 0.1) is 5.82 Å². The molecule has 0 saturated heterocycles. The van der Waals surface area contributed by atoms with Crippen LogP contribution in [0.2, 0.25) is 0 Å². The van der Waals surface area contributed by atoms with E-state index in [-0.39, 0.29) is 17.7 Å². The number of hydrogen-bond acceptors (Lipinski definition) is 4. The summed E-state index contributed by atoms with van der Waals surface area (Å²) in [5.74, 6) is -0.773. The number of carbonyl (C=O) groups is 2. The lowest BCUT2D eigenvalue weighted by atomic mass is 10.0. The van der Waals surface area contributed by atoms with Gasteiger partial charge in [-0.25, -0.2) is 4.39 Å². The summed E-state index contributed by atoms with van der Waals surface area (Å²) < 4.78 is 17.9. The van der Waals surface area contributed by atoms with Crippen LogP contribution < -0.4 is 5.32 Å². The minimum Gasteiger partial charge on any atom is -0.469 e. The Kier molecular flexibility index (Phi) is 9.44. The number of esters is 1. The summed E-state index contributed by atoms with van der Waals surface area (Å²) >= 11 is 1.65. The predicted molar refractivity (Wildman–Crippen MR) is 116 cm³/mol. The quantitative estimate of drug-likeness (QED) is 0.196. The van der Waals surface area contributed by atoms with Gasteiger partial charge in [-0.05, 0) is 60.6 Å². The smallest absolute Gasteiger partial charge is 0.305 e. The first-order valence-electron chi connectivity index (χ1n) is 9.50. The first-order valence-corrected chi connectivity index (χ1v) is 10.7. The van der Waals surface area contributed by atoms with Crippen molar-refractivity contribution in [3.63, 3.8) is 0 Å². The number of carbonyl (C=O) groups excluding carboxylic acids is 2. The molecule has 2 rings (SSSR count). The number of thioether (sulfide) groups is 1. The topological polar surface area (TPSA) is 55.4 Å². The Morgan fingerprint density at radius 1 is 1.03 bits per heavy atom. The van der Waals surface area contributed by atoms with Crippen LogP contribution in [0.5, 0.6) is 0 Å². The van der Waals surface area contributed by atoms with Crippen molar-refractivity contribution < 1.29 is 18.7 Å². The lowest BCUT2D eigenvalue weighted by Crippen LogP contribution is -2.25. The number of ether oxygens (including phenoxy) is 1. The molecular formula is C23H26FNO3S. The molecule has 0 spiro atoms. The molecule has 154 valence electrons. The van der Waals surface area contributed by atoms with E-state index in [1.165, 1.54) is 19.2 Å². The SMILES string of the molecule is COC(=O)CCCCCNC(=O)C(=Cc1ccc(SC)cc1)c1ccc(F)cc1. The van der Waals surface area contributed by atoms with Crippen molar-refractivity contribution in [3.05, 3.63) is 65.5 Å². The summed E-state index contributed by atoms with van der Waals surface area (Å²) in [5.41, 5.74) is 2.04. The monoisotopic (exact) mass is 415 g/mol. The second-order valence-corrected chi connectivity index (χ2v) is 7.36.